The second-order valence-electron chi connectivity index (χ2n) is 8.15. The zero-order chi connectivity index (χ0) is 26.2. The van der Waals surface area contributed by atoms with Crippen molar-refractivity contribution in [3.05, 3.63) is 97.4 Å². The highest BCUT2D eigenvalue weighted by molar-refractivity contribution is 6.42. The van der Waals surface area contributed by atoms with Gasteiger partial charge < -0.3 is 10.1 Å². The molecule has 0 bridgehead atoms. The Bertz CT molecular complexity index is 1260. The summed E-state index contributed by atoms with van der Waals surface area (Å²) in [6.45, 7) is 3.93. The molecule has 0 radical (unpaired) electrons. The number of ether oxygens (including phenoxy) is 1. The van der Waals surface area contributed by atoms with Gasteiger partial charge in [0.2, 0.25) is 0 Å². The third-order valence-corrected chi connectivity index (χ3v) is 6.42. The molecule has 3 aromatic carbocycles. The molecule has 1 atom stereocenters. The van der Waals surface area contributed by atoms with E-state index >= 15 is 0 Å². The molecule has 0 fully saturated rings. The maximum absolute atomic E-state index is 12.7. The van der Waals surface area contributed by atoms with Gasteiger partial charge in [0, 0.05) is 21.2 Å². The average molecular weight is 567 g/mol. The highest BCUT2D eigenvalue weighted by atomic mass is 35.5. The fraction of sp³-hybridized carbons (Fsp3) is 0.192. The van der Waals surface area contributed by atoms with Crippen molar-refractivity contribution >= 4 is 64.4 Å². The van der Waals surface area contributed by atoms with Crippen molar-refractivity contribution < 1.29 is 14.3 Å². The summed E-state index contributed by atoms with van der Waals surface area (Å²) < 4.78 is 5.76. The summed E-state index contributed by atoms with van der Waals surface area (Å²) in [4.78, 5) is 25.2. The van der Waals surface area contributed by atoms with Gasteiger partial charge in [-0.15, -0.1) is 0 Å². The standard InChI is InChI=1S/C26H23Cl4N3O3/c1-15(2)24(32-25(34)17-6-10-21(28)23(30)11-17)26(35)33-31-13-16-3-8-20(9-4-16)36-14-18-5-7-19(27)12-22(18)29/h3-13,15,24H,14H2,1-2H3,(H,32,34)(H,33,35)/b31-13+. The van der Waals surface area contributed by atoms with Crippen molar-refractivity contribution in [2.45, 2.75) is 26.5 Å². The Hall–Kier alpha value is -2.77. The van der Waals surface area contributed by atoms with Crippen LogP contribution in [-0.2, 0) is 11.4 Å². The summed E-state index contributed by atoms with van der Waals surface area (Å²) in [6, 6.07) is 16.1. The van der Waals surface area contributed by atoms with Crippen LogP contribution >= 0.6 is 46.4 Å². The molecular formula is C26H23Cl4N3O3. The van der Waals surface area contributed by atoms with E-state index in [-0.39, 0.29) is 10.9 Å². The van der Waals surface area contributed by atoms with Gasteiger partial charge in [-0.1, -0.05) is 66.3 Å². The summed E-state index contributed by atoms with van der Waals surface area (Å²) in [6.07, 6.45) is 1.50. The smallest absolute Gasteiger partial charge is 0.262 e. The molecule has 6 nitrogen and oxygen atoms in total. The second kappa shape index (κ2) is 13.0. The lowest BCUT2D eigenvalue weighted by Crippen LogP contribution is -2.48. The summed E-state index contributed by atoms with van der Waals surface area (Å²) in [7, 11) is 0. The number of hydrazone groups is 1. The van der Waals surface area contributed by atoms with Gasteiger partial charge in [0.25, 0.3) is 11.8 Å². The van der Waals surface area contributed by atoms with Gasteiger partial charge in [-0.25, -0.2) is 5.43 Å². The predicted octanol–water partition coefficient (Wildman–Crippen LogP) is 6.78. The van der Waals surface area contributed by atoms with Gasteiger partial charge in [0.15, 0.2) is 0 Å². The molecule has 0 heterocycles. The lowest BCUT2D eigenvalue weighted by molar-refractivity contribution is -0.123. The number of benzene rings is 3. The first kappa shape index (κ1) is 27.8. The van der Waals surface area contributed by atoms with Gasteiger partial charge in [0.1, 0.15) is 18.4 Å². The molecule has 188 valence electrons. The predicted molar refractivity (Wildman–Crippen MR) is 146 cm³/mol. The molecule has 3 aromatic rings. The van der Waals surface area contributed by atoms with Crippen LogP contribution in [0.2, 0.25) is 20.1 Å². The number of amides is 2. The van der Waals surface area contributed by atoms with Gasteiger partial charge in [-0.05, 0) is 66.1 Å². The Morgan fingerprint density at radius 3 is 2.28 bits per heavy atom. The number of halogens is 4. The van der Waals surface area contributed by atoms with Gasteiger partial charge in [-0.3, -0.25) is 9.59 Å². The molecule has 2 N–H and O–H groups in total. The Morgan fingerprint density at radius 1 is 0.917 bits per heavy atom. The molecule has 0 aliphatic heterocycles. The molecule has 0 aliphatic carbocycles. The lowest BCUT2D eigenvalue weighted by atomic mass is 10.0. The van der Waals surface area contributed by atoms with Crippen LogP contribution in [0.4, 0.5) is 0 Å². The molecule has 1 unspecified atom stereocenters. The lowest BCUT2D eigenvalue weighted by Gasteiger charge is -2.20. The Labute approximate surface area is 229 Å². The highest BCUT2D eigenvalue weighted by Crippen LogP contribution is 2.24. The molecule has 0 saturated heterocycles. The van der Waals surface area contributed by atoms with Crippen LogP contribution in [0.1, 0.15) is 35.3 Å². The van der Waals surface area contributed by atoms with E-state index in [2.05, 4.69) is 15.8 Å². The van der Waals surface area contributed by atoms with Crippen LogP contribution < -0.4 is 15.5 Å². The molecule has 2 amide bonds. The normalized spacial score (nSPS) is 12.0. The number of nitrogens with zero attached hydrogens (tertiary/aromatic N) is 1. The van der Waals surface area contributed by atoms with E-state index in [1.807, 2.05) is 19.9 Å². The van der Waals surface area contributed by atoms with E-state index in [1.54, 1.807) is 36.4 Å². The topological polar surface area (TPSA) is 79.8 Å². The first-order chi connectivity index (χ1) is 17.1. The van der Waals surface area contributed by atoms with E-state index in [0.717, 1.165) is 11.1 Å². The summed E-state index contributed by atoms with van der Waals surface area (Å²) >= 11 is 24.0. The van der Waals surface area contributed by atoms with Crippen LogP contribution in [-0.4, -0.2) is 24.1 Å². The van der Waals surface area contributed by atoms with E-state index < -0.39 is 17.9 Å². The molecule has 0 spiro atoms. The zero-order valence-electron chi connectivity index (χ0n) is 19.4. The van der Waals surface area contributed by atoms with Crippen LogP contribution in [0.5, 0.6) is 5.75 Å². The fourth-order valence-electron chi connectivity index (χ4n) is 3.09. The van der Waals surface area contributed by atoms with E-state index in [0.29, 0.717) is 33.0 Å². The summed E-state index contributed by atoms with van der Waals surface area (Å²) in [5, 5.41) is 8.41. The van der Waals surface area contributed by atoms with Crippen LogP contribution in [0.3, 0.4) is 0 Å². The number of rotatable bonds is 9. The van der Waals surface area contributed by atoms with E-state index in [4.69, 9.17) is 51.1 Å². The maximum atomic E-state index is 12.7. The number of hydrogen-bond donors (Lipinski definition) is 2. The number of nitrogens with one attached hydrogen (secondary N) is 2. The quantitative estimate of drug-likeness (QED) is 0.221. The molecular weight excluding hydrogens is 544 g/mol. The average Bonchev–Trinajstić information content (AvgIpc) is 2.84. The minimum atomic E-state index is -0.806. The van der Waals surface area contributed by atoms with Gasteiger partial charge in [0.05, 0.1) is 16.3 Å². The molecule has 0 aliphatic rings. The zero-order valence-corrected chi connectivity index (χ0v) is 22.4. The van der Waals surface area contributed by atoms with Crippen LogP contribution in [0.25, 0.3) is 0 Å². The van der Waals surface area contributed by atoms with Crippen molar-refractivity contribution in [1.82, 2.24) is 10.7 Å². The van der Waals surface area contributed by atoms with Crippen LogP contribution in [0, 0.1) is 5.92 Å². The third-order valence-electron chi connectivity index (χ3n) is 5.10. The van der Waals surface area contributed by atoms with Gasteiger partial charge >= 0.3 is 0 Å². The summed E-state index contributed by atoms with van der Waals surface area (Å²) in [5.74, 6) is -0.430. The van der Waals surface area contributed by atoms with Crippen molar-refractivity contribution in [3.63, 3.8) is 0 Å². The Morgan fingerprint density at radius 2 is 1.64 bits per heavy atom. The molecule has 0 aromatic heterocycles. The van der Waals surface area contributed by atoms with E-state index in [9.17, 15) is 9.59 Å². The number of hydrogen-bond acceptors (Lipinski definition) is 4. The highest BCUT2D eigenvalue weighted by Gasteiger charge is 2.24. The molecule has 3 rings (SSSR count). The minimum Gasteiger partial charge on any atom is -0.489 e. The molecule has 10 heteroatoms. The van der Waals surface area contributed by atoms with Crippen molar-refractivity contribution in [2.24, 2.45) is 11.0 Å². The van der Waals surface area contributed by atoms with Crippen LogP contribution in [0.15, 0.2) is 65.8 Å². The van der Waals surface area contributed by atoms with Gasteiger partial charge in [-0.2, -0.15) is 5.10 Å². The largest absolute Gasteiger partial charge is 0.489 e. The van der Waals surface area contributed by atoms with Crippen molar-refractivity contribution in [1.29, 1.82) is 0 Å². The summed E-state index contributed by atoms with van der Waals surface area (Å²) in [5.41, 5.74) is 4.34. The molecule has 36 heavy (non-hydrogen) atoms. The Balaban J connectivity index is 1.54. The molecule has 0 saturated carbocycles. The fourth-order valence-corrected chi connectivity index (χ4v) is 3.85. The van der Waals surface area contributed by atoms with Crippen molar-refractivity contribution in [3.8, 4) is 5.75 Å². The van der Waals surface area contributed by atoms with Crippen molar-refractivity contribution in [2.75, 3.05) is 0 Å². The first-order valence-corrected chi connectivity index (χ1v) is 12.4. The third kappa shape index (κ3) is 7.87. The number of carbonyl (C=O) groups excluding carboxylic acids is 2. The Kier molecular flexibility index (Phi) is 10.0. The second-order valence-corrected chi connectivity index (χ2v) is 9.81. The minimum absolute atomic E-state index is 0.183. The monoisotopic (exact) mass is 565 g/mol. The van der Waals surface area contributed by atoms with E-state index in [1.165, 1.54) is 24.4 Å². The number of carbonyl (C=O) groups is 2. The first-order valence-electron chi connectivity index (χ1n) is 10.9. The SMILES string of the molecule is CC(C)C(NC(=O)c1ccc(Cl)c(Cl)c1)C(=O)N/N=C/c1ccc(OCc2ccc(Cl)cc2Cl)cc1. The maximum Gasteiger partial charge on any atom is 0.262 e.